The minimum atomic E-state index is -0.853. The molecular weight excluding hydrogens is 266 g/mol. The van der Waals surface area contributed by atoms with Gasteiger partial charge in [0, 0.05) is 12.6 Å². The Morgan fingerprint density at radius 3 is 2.80 bits per heavy atom. The van der Waals surface area contributed by atoms with Crippen molar-refractivity contribution in [3.05, 3.63) is 47.9 Å². The zero-order chi connectivity index (χ0) is 14.5. The van der Waals surface area contributed by atoms with E-state index in [0.717, 1.165) is 12.1 Å². The zero-order valence-electron chi connectivity index (χ0n) is 10.7. The Labute approximate surface area is 114 Å². The normalized spacial score (nSPS) is 10.2. The van der Waals surface area contributed by atoms with E-state index in [1.54, 1.807) is 0 Å². The summed E-state index contributed by atoms with van der Waals surface area (Å²) in [7, 11) is 0. The van der Waals surface area contributed by atoms with Crippen LogP contribution >= 0.6 is 0 Å². The second kappa shape index (κ2) is 6.05. The topological polar surface area (TPSA) is 66.9 Å². The maximum atomic E-state index is 13.4. The SMILES string of the molecule is CCNc1cncc(C(=O)Nc2ccc(F)cc2F)n1. The molecule has 2 aromatic rings. The fourth-order valence-corrected chi connectivity index (χ4v) is 1.52. The van der Waals surface area contributed by atoms with Crippen molar-refractivity contribution in [3.63, 3.8) is 0 Å². The number of amides is 1. The molecule has 0 unspecified atom stereocenters. The largest absolute Gasteiger partial charge is 0.369 e. The first kappa shape index (κ1) is 13.9. The van der Waals surface area contributed by atoms with Crippen molar-refractivity contribution in [2.45, 2.75) is 6.92 Å². The van der Waals surface area contributed by atoms with Gasteiger partial charge in [0.2, 0.25) is 0 Å². The van der Waals surface area contributed by atoms with Gasteiger partial charge in [0.25, 0.3) is 5.91 Å². The third kappa shape index (κ3) is 3.25. The molecule has 0 saturated heterocycles. The van der Waals surface area contributed by atoms with Gasteiger partial charge < -0.3 is 10.6 Å². The number of halogens is 2. The van der Waals surface area contributed by atoms with Crippen LogP contribution in [0.15, 0.2) is 30.6 Å². The second-order valence-electron chi connectivity index (χ2n) is 3.90. The molecular formula is C13H12F2N4O. The Kier molecular flexibility index (Phi) is 4.19. The van der Waals surface area contributed by atoms with E-state index in [0.29, 0.717) is 18.4 Å². The minimum Gasteiger partial charge on any atom is -0.369 e. The average molecular weight is 278 g/mol. The molecule has 2 N–H and O–H groups in total. The van der Waals surface area contributed by atoms with Crippen LogP contribution in [0.4, 0.5) is 20.3 Å². The van der Waals surface area contributed by atoms with Gasteiger partial charge in [-0.2, -0.15) is 0 Å². The molecule has 0 radical (unpaired) electrons. The summed E-state index contributed by atoms with van der Waals surface area (Å²) in [5.41, 5.74) is -0.0840. The Morgan fingerprint density at radius 1 is 1.30 bits per heavy atom. The van der Waals surface area contributed by atoms with Crippen LogP contribution in [0.2, 0.25) is 0 Å². The molecule has 1 aromatic carbocycles. The number of carbonyl (C=O) groups excluding carboxylic acids is 1. The lowest BCUT2D eigenvalue weighted by Crippen LogP contribution is -2.16. The predicted molar refractivity (Wildman–Crippen MR) is 70.5 cm³/mol. The summed E-state index contributed by atoms with van der Waals surface area (Å²) in [5, 5.41) is 5.22. The van der Waals surface area contributed by atoms with Crippen LogP contribution in [-0.2, 0) is 0 Å². The summed E-state index contributed by atoms with van der Waals surface area (Å²) in [4.78, 5) is 19.8. The Balaban J connectivity index is 2.17. The number of anilines is 2. The zero-order valence-corrected chi connectivity index (χ0v) is 10.7. The first-order valence-electron chi connectivity index (χ1n) is 5.92. The van der Waals surface area contributed by atoms with Crippen molar-refractivity contribution < 1.29 is 13.6 Å². The quantitative estimate of drug-likeness (QED) is 0.901. The highest BCUT2D eigenvalue weighted by Crippen LogP contribution is 2.15. The van der Waals surface area contributed by atoms with Gasteiger partial charge in [-0.25, -0.2) is 13.8 Å². The van der Waals surface area contributed by atoms with Crippen molar-refractivity contribution in [1.29, 1.82) is 0 Å². The molecule has 2 rings (SSSR count). The lowest BCUT2D eigenvalue weighted by molar-refractivity contribution is 0.102. The average Bonchev–Trinajstić information content (AvgIpc) is 2.42. The van der Waals surface area contributed by atoms with Gasteiger partial charge in [0.1, 0.15) is 23.1 Å². The van der Waals surface area contributed by atoms with E-state index in [2.05, 4.69) is 20.6 Å². The molecule has 1 aromatic heterocycles. The first-order chi connectivity index (χ1) is 9.60. The number of hydrogen-bond acceptors (Lipinski definition) is 4. The highest BCUT2D eigenvalue weighted by molar-refractivity contribution is 6.02. The van der Waals surface area contributed by atoms with Gasteiger partial charge in [0.15, 0.2) is 0 Å². The molecule has 0 aliphatic carbocycles. The molecule has 0 spiro atoms. The molecule has 0 atom stereocenters. The lowest BCUT2D eigenvalue weighted by atomic mass is 10.3. The van der Waals surface area contributed by atoms with Crippen LogP contribution in [0, 0.1) is 11.6 Å². The fraction of sp³-hybridized carbons (Fsp3) is 0.154. The summed E-state index contributed by atoms with van der Waals surface area (Å²) in [6.45, 7) is 2.51. The molecule has 0 bridgehead atoms. The molecule has 7 heteroatoms. The predicted octanol–water partition coefficient (Wildman–Crippen LogP) is 2.44. The number of rotatable bonds is 4. The number of hydrogen-bond donors (Lipinski definition) is 2. The maximum Gasteiger partial charge on any atom is 0.276 e. The van der Waals surface area contributed by atoms with E-state index in [4.69, 9.17) is 0 Å². The molecule has 1 amide bonds. The van der Waals surface area contributed by atoms with Crippen molar-refractivity contribution >= 4 is 17.4 Å². The van der Waals surface area contributed by atoms with Crippen molar-refractivity contribution in [2.75, 3.05) is 17.2 Å². The van der Waals surface area contributed by atoms with E-state index < -0.39 is 17.5 Å². The highest BCUT2D eigenvalue weighted by Gasteiger charge is 2.12. The molecule has 5 nitrogen and oxygen atoms in total. The maximum absolute atomic E-state index is 13.4. The van der Waals surface area contributed by atoms with Crippen molar-refractivity contribution in [3.8, 4) is 0 Å². The molecule has 0 aliphatic heterocycles. The van der Waals surface area contributed by atoms with Gasteiger partial charge >= 0.3 is 0 Å². The van der Waals surface area contributed by atoms with Gasteiger partial charge in [-0.1, -0.05) is 0 Å². The molecule has 0 saturated carbocycles. The smallest absolute Gasteiger partial charge is 0.276 e. The van der Waals surface area contributed by atoms with Crippen LogP contribution < -0.4 is 10.6 Å². The number of nitrogens with one attached hydrogen (secondary N) is 2. The highest BCUT2D eigenvalue weighted by atomic mass is 19.1. The lowest BCUT2D eigenvalue weighted by Gasteiger charge is -2.07. The standard InChI is InChI=1S/C13H12F2N4O/c1-2-17-12-7-16-6-11(18-12)13(20)19-10-4-3-8(14)5-9(10)15/h3-7H,2H2,1H3,(H,17,18)(H,19,20). The number of benzene rings is 1. The molecule has 104 valence electrons. The van der Waals surface area contributed by atoms with Gasteiger partial charge in [-0.05, 0) is 19.1 Å². The van der Waals surface area contributed by atoms with Crippen molar-refractivity contribution in [1.82, 2.24) is 9.97 Å². The third-order valence-corrected chi connectivity index (χ3v) is 2.40. The third-order valence-electron chi connectivity index (χ3n) is 2.40. The van der Waals surface area contributed by atoms with Gasteiger partial charge in [0.05, 0.1) is 18.1 Å². The van der Waals surface area contributed by atoms with Crippen LogP contribution in [0.3, 0.4) is 0 Å². The van der Waals surface area contributed by atoms with E-state index in [9.17, 15) is 13.6 Å². The number of nitrogens with zero attached hydrogens (tertiary/aromatic N) is 2. The van der Waals surface area contributed by atoms with Crippen LogP contribution in [0.1, 0.15) is 17.4 Å². The molecule has 20 heavy (non-hydrogen) atoms. The summed E-state index contributed by atoms with van der Waals surface area (Å²) in [6.07, 6.45) is 2.73. The Bertz CT molecular complexity index is 634. The first-order valence-corrected chi connectivity index (χ1v) is 5.92. The summed E-state index contributed by atoms with van der Waals surface area (Å²) >= 11 is 0. The van der Waals surface area contributed by atoms with Crippen LogP contribution in [0.5, 0.6) is 0 Å². The molecule has 1 heterocycles. The number of carbonyl (C=O) groups is 1. The van der Waals surface area contributed by atoms with Crippen LogP contribution in [0.25, 0.3) is 0 Å². The van der Waals surface area contributed by atoms with E-state index in [-0.39, 0.29) is 11.4 Å². The summed E-state index contributed by atoms with van der Waals surface area (Å²) in [6, 6.07) is 2.89. The summed E-state index contributed by atoms with van der Waals surface area (Å²) < 4.78 is 26.2. The summed E-state index contributed by atoms with van der Waals surface area (Å²) in [5.74, 6) is -1.74. The van der Waals surface area contributed by atoms with Gasteiger partial charge in [-0.3, -0.25) is 9.78 Å². The van der Waals surface area contributed by atoms with Crippen molar-refractivity contribution in [2.24, 2.45) is 0 Å². The second-order valence-corrected chi connectivity index (χ2v) is 3.90. The number of aromatic nitrogens is 2. The Hall–Kier alpha value is -2.57. The fourth-order valence-electron chi connectivity index (χ4n) is 1.52. The molecule has 0 fully saturated rings. The monoisotopic (exact) mass is 278 g/mol. The van der Waals surface area contributed by atoms with Crippen LogP contribution in [-0.4, -0.2) is 22.4 Å². The van der Waals surface area contributed by atoms with E-state index >= 15 is 0 Å². The van der Waals surface area contributed by atoms with E-state index in [1.807, 2.05) is 6.92 Å². The Morgan fingerprint density at radius 2 is 2.10 bits per heavy atom. The van der Waals surface area contributed by atoms with Gasteiger partial charge in [-0.15, -0.1) is 0 Å². The van der Waals surface area contributed by atoms with E-state index in [1.165, 1.54) is 12.4 Å². The molecule has 0 aliphatic rings. The minimum absolute atomic E-state index is 0.0344.